The Morgan fingerprint density at radius 2 is 1.70 bits per heavy atom. The van der Waals surface area contributed by atoms with Crippen molar-refractivity contribution in [2.75, 3.05) is 7.11 Å². The first-order valence-electron chi connectivity index (χ1n) is 12.0. The van der Waals surface area contributed by atoms with E-state index in [1.165, 1.54) is 26.2 Å². The summed E-state index contributed by atoms with van der Waals surface area (Å²) in [7, 11) is 1.24. The zero-order valence-electron chi connectivity index (χ0n) is 22.2. The van der Waals surface area contributed by atoms with Crippen LogP contribution in [0.2, 0.25) is 0 Å². The van der Waals surface area contributed by atoms with Gasteiger partial charge in [-0.25, -0.2) is 9.59 Å². The molecule has 0 radical (unpaired) electrons. The zero-order chi connectivity index (χ0) is 28.1. The van der Waals surface area contributed by atoms with Crippen molar-refractivity contribution in [1.82, 2.24) is 16.0 Å². The van der Waals surface area contributed by atoms with Crippen LogP contribution in [0.15, 0.2) is 24.3 Å². The number of benzene rings is 1. The van der Waals surface area contributed by atoms with E-state index in [0.29, 0.717) is 5.56 Å². The number of hydrogen-bond acceptors (Lipinski definition) is 8. The Bertz CT molecular complexity index is 1080. The van der Waals surface area contributed by atoms with E-state index >= 15 is 0 Å². The number of ether oxygens (including phenoxy) is 2. The lowest BCUT2D eigenvalue weighted by molar-refractivity contribution is -0.137. The van der Waals surface area contributed by atoms with Gasteiger partial charge in [-0.3, -0.25) is 24.5 Å². The van der Waals surface area contributed by atoms with E-state index in [9.17, 15) is 28.8 Å². The number of hydrogen-bond donors (Lipinski definition) is 3. The number of amides is 4. The molecule has 1 unspecified atom stereocenters. The lowest BCUT2D eigenvalue weighted by Gasteiger charge is -2.27. The van der Waals surface area contributed by atoms with Crippen molar-refractivity contribution in [2.24, 2.45) is 17.8 Å². The van der Waals surface area contributed by atoms with E-state index in [1.54, 1.807) is 46.8 Å². The van der Waals surface area contributed by atoms with Gasteiger partial charge in [0.25, 0.3) is 0 Å². The molecule has 1 saturated heterocycles. The van der Waals surface area contributed by atoms with Gasteiger partial charge in [0.1, 0.15) is 11.5 Å². The summed E-state index contributed by atoms with van der Waals surface area (Å²) in [6.07, 6.45) is -1.08. The van der Waals surface area contributed by atoms with Crippen molar-refractivity contribution in [1.29, 1.82) is 0 Å². The summed E-state index contributed by atoms with van der Waals surface area (Å²) < 4.78 is 10.1. The average Bonchev–Trinajstić information content (AvgIpc) is 3.05. The summed E-state index contributed by atoms with van der Waals surface area (Å²) in [5.74, 6) is -5.40. The highest BCUT2D eigenvalue weighted by Crippen LogP contribution is 2.24. The van der Waals surface area contributed by atoms with E-state index in [2.05, 4.69) is 16.0 Å². The number of imide groups is 1. The van der Waals surface area contributed by atoms with E-state index < -0.39 is 65.1 Å². The number of carbonyl (C=O) groups is 6. The molecule has 1 aliphatic rings. The fourth-order valence-corrected chi connectivity index (χ4v) is 3.95. The van der Waals surface area contributed by atoms with Crippen molar-refractivity contribution < 1.29 is 38.2 Å². The Labute approximate surface area is 216 Å². The molecule has 11 heteroatoms. The van der Waals surface area contributed by atoms with Crippen LogP contribution in [0.4, 0.5) is 4.79 Å². The van der Waals surface area contributed by atoms with E-state index in [-0.39, 0.29) is 17.9 Å². The molecular formula is C26H35N3O8. The second-order valence-electron chi connectivity index (χ2n) is 10.3. The Hall–Kier alpha value is -3.76. The van der Waals surface area contributed by atoms with E-state index in [1.807, 2.05) is 0 Å². The molecule has 4 atom stereocenters. The van der Waals surface area contributed by atoms with Crippen LogP contribution in [-0.4, -0.2) is 54.3 Å². The SMILES string of the molecule is COC(=O)c1cccc(C(CC(=O)N[C@H](C(=O)[C@@H]2C(=O)NC(=O)[C@H]2C)C(C)C)NC(=O)OC(C)(C)C)c1. The lowest BCUT2D eigenvalue weighted by Crippen LogP contribution is -2.49. The van der Waals surface area contributed by atoms with Gasteiger partial charge in [-0.15, -0.1) is 0 Å². The second-order valence-corrected chi connectivity index (χ2v) is 10.3. The van der Waals surface area contributed by atoms with E-state index in [0.717, 1.165) is 0 Å². The molecule has 1 aromatic rings. The molecule has 1 aromatic carbocycles. The maximum atomic E-state index is 13.2. The number of carbonyl (C=O) groups excluding carboxylic acids is 6. The fraction of sp³-hybridized carbons (Fsp3) is 0.538. The van der Waals surface area contributed by atoms with Gasteiger partial charge in [-0.2, -0.15) is 0 Å². The first-order chi connectivity index (χ1) is 17.1. The van der Waals surface area contributed by atoms with Gasteiger partial charge in [0.05, 0.1) is 37.1 Å². The Kier molecular flexibility index (Phi) is 9.55. The molecule has 37 heavy (non-hydrogen) atoms. The number of nitrogens with one attached hydrogen (secondary N) is 3. The number of alkyl carbamates (subject to hydrolysis) is 1. The molecule has 0 aliphatic carbocycles. The van der Waals surface area contributed by atoms with Gasteiger partial charge >= 0.3 is 12.1 Å². The molecule has 0 aromatic heterocycles. The number of rotatable bonds is 9. The molecule has 3 N–H and O–H groups in total. The van der Waals surface area contributed by atoms with Gasteiger partial charge < -0.3 is 20.1 Å². The van der Waals surface area contributed by atoms with Gasteiger partial charge in [0.15, 0.2) is 5.78 Å². The van der Waals surface area contributed by atoms with Crippen molar-refractivity contribution >= 4 is 35.6 Å². The third-order valence-corrected chi connectivity index (χ3v) is 5.83. The van der Waals surface area contributed by atoms with Crippen LogP contribution in [0.25, 0.3) is 0 Å². The largest absolute Gasteiger partial charge is 0.465 e. The molecule has 0 saturated carbocycles. The van der Waals surface area contributed by atoms with Gasteiger partial charge in [0, 0.05) is 0 Å². The Morgan fingerprint density at radius 1 is 1.05 bits per heavy atom. The smallest absolute Gasteiger partial charge is 0.408 e. The van der Waals surface area contributed by atoms with Crippen LogP contribution in [0.1, 0.15) is 69.9 Å². The molecule has 1 fully saturated rings. The average molecular weight is 518 g/mol. The van der Waals surface area contributed by atoms with Crippen molar-refractivity contribution in [2.45, 2.75) is 65.6 Å². The van der Waals surface area contributed by atoms with Crippen molar-refractivity contribution in [3.05, 3.63) is 35.4 Å². The lowest BCUT2D eigenvalue weighted by atomic mass is 9.85. The molecule has 0 spiro atoms. The highest BCUT2D eigenvalue weighted by atomic mass is 16.6. The summed E-state index contributed by atoms with van der Waals surface area (Å²) in [4.78, 5) is 74.9. The normalized spacial score (nSPS) is 19.0. The van der Waals surface area contributed by atoms with Crippen molar-refractivity contribution in [3.8, 4) is 0 Å². The van der Waals surface area contributed by atoms with Crippen LogP contribution in [0.3, 0.4) is 0 Å². The fourth-order valence-electron chi connectivity index (χ4n) is 3.95. The van der Waals surface area contributed by atoms with Crippen LogP contribution in [0.5, 0.6) is 0 Å². The minimum Gasteiger partial charge on any atom is -0.465 e. The van der Waals surface area contributed by atoms with Crippen molar-refractivity contribution in [3.63, 3.8) is 0 Å². The molecule has 1 aliphatic heterocycles. The van der Waals surface area contributed by atoms with Crippen LogP contribution in [-0.2, 0) is 28.7 Å². The first kappa shape index (κ1) is 29.5. The molecule has 4 amide bonds. The summed E-state index contributed by atoms with van der Waals surface area (Å²) in [5, 5.41) is 7.45. The maximum absolute atomic E-state index is 13.2. The molecule has 0 bridgehead atoms. The highest BCUT2D eigenvalue weighted by molar-refractivity contribution is 6.16. The zero-order valence-corrected chi connectivity index (χ0v) is 22.2. The summed E-state index contributed by atoms with van der Waals surface area (Å²) in [6, 6.07) is 4.27. The highest BCUT2D eigenvalue weighted by Gasteiger charge is 2.46. The van der Waals surface area contributed by atoms with E-state index in [4.69, 9.17) is 9.47 Å². The summed E-state index contributed by atoms with van der Waals surface area (Å²) in [5.41, 5.74) is -0.140. The summed E-state index contributed by atoms with van der Waals surface area (Å²) in [6.45, 7) is 9.97. The Morgan fingerprint density at radius 3 is 2.22 bits per heavy atom. The third kappa shape index (κ3) is 7.86. The van der Waals surface area contributed by atoms with Crippen LogP contribution in [0, 0.1) is 17.8 Å². The molecule has 202 valence electrons. The number of esters is 1. The number of methoxy groups -OCH3 is 1. The summed E-state index contributed by atoms with van der Waals surface area (Å²) >= 11 is 0. The predicted octanol–water partition coefficient (Wildman–Crippen LogP) is 2.05. The Balaban J connectivity index is 2.28. The molecular weight excluding hydrogens is 482 g/mol. The topological polar surface area (TPSA) is 157 Å². The minimum atomic E-state index is -1.20. The molecule has 11 nitrogen and oxygen atoms in total. The second kappa shape index (κ2) is 12.0. The third-order valence-electron chi connectivity index (χ3n) is 5.83. The number of Topliss-reactive ketones (excluding diaryl/α,β-unsaturated/α-hetero) is 1. The minimum absolute atomic E-state index is 0.220. The van der Waals surface area contributed by atoms with Gasteiger partial charge in [0.2, 0.25) is 17.7 Å². The van der Waals surface area contributed by atoms with Crippen LogP contribution < -0.4 is 16.0 Å². The quantitative estimate of drug-likeness (QED) is 0.255. The number of ketones is 1. The maximum Gasteiger partial charge on any atom is 0.408 e. The molecule has 2 rings (SSSR count). The predicted molar refractivity (Wildman–Crippen MR) is 132 cm³/mol. The molecule has 1 heterocycles. The first-order valence-corrected chi connectivity index (χ1v) is 12.0. The van der Waals surface area contributed by atoms with Gasteiger partial charge in [-0.05, 0) is 44.4 Å². The van der Waals surface area contributed by atoms with Crippen LogP contribution >= 0.6 is 0 Å². The van der Waals surface area contributed by atoms with Gasteiger partial charge in [-0.1, -0.05) is 32.9 Å². The standard InChI is InChI=1S/C26H35N3O8/c1-13(2)20(21(31)19-14(3)22(32)29-23(19)33)28-18(30)12-17(27-25(35)37-26(4,5)6)15-9-8-10-16(11-15)24(34)36-7/h8-11,13-14,17,19-20H,12H2,1-7H3,(H,27,35)(H,28,30)(H,29,32,33)/t14-,17?,19+,20-/m0/s1. The monoisotopic (exact) mass is 517 g/mol.